The van der Waals surface area contributed by atoms with E-state index < -0.39 is 0 Å². The van der Waals surface area contributed by atoms with Crippen LogP contribution in [-0.2, 0) is 11.3 Å². The fourth-order valence-electron chi connectivity index (χ4n) is 1.86. The molecule has 1 saturated heterocycles. The number of nitrogens with one attached hydrogen (secondary N) is 2. The third-order valence-electron chi connectivity index (χ3n) is 2.85. The number of hydrogen-bond acceptors (Lipinski definition) is 2. The highest BCUT2D eigenvalue weighted by atomic mass is 16.5. The molecule has 92 valence electrons. The first-order valence-corrected chi connectivity index (χ1v) is 6.00. The van der Waals surface area contributed by atoms with Crippen molar-refractivity contribution in [3.8, 4) is 0 Å². The summed E-state index contributed by atoms with van der Waals surface area (Å²) in [6.45, 7) is 2.04. The van der Waals surface area contributed by atoms with Crippen molar-refractivity contribution in [3.63, 3.8) is 0 Å². The van der Waals surface area contributed by atoms with Crippen molar-refractivity contribution >= 4 is 6.03 Å². The summed E-state index contributed by atoms with van der Waals surface area (Å²) in [6, 6.07) is 10.0. The second kappa shape index (κ2) is 6.25. The van der Waals surface area contributed by atoms with Crippen molar-refractivity contribution in [2.24, 2.45) is 0 Å². The van der Waals surface area contributed by atoms with Crippen LogP contribution >= 0.6 is 0 Å². The number of rotatable bonds is 3. The minimum Gasteiger partial charge on any atom is -0.381 e. The van der Waals surface area contributed by atoms with Gasteiger partial charge in [-0.2, -0.15) is 0 Å². The molecule has 2 N–H and O–H groups in total. The van der Waals surface area contributed by atoms with Gasteiger partial charge >= 0.3 is 6.03 Å². The zero-order chi connectivity index (χ0) is 11.9. The molecule has 1 aromatic rings. The van der Waals surface area contributed by atoms with E-state index in [4.69, 9.17) is 4.74 Å². The van der Waals surface area contributed by atoms with Gasteiger partial charge in [0.15, 0.2) is 0 Å². The summed E-state index contributed by atoms with van der Waals surface area (Å²) in [5, 5.41) is 5.81. The van der Waals surface area contributed by atoms with E-state index in [1.165, 1.54) is 0 Å². The first-order chi connectivity index (χ1) is 8.34. The molecule has 4 heteroatoms. The van der Waals surface area contributed by atoms with Crippen molar-refractivity contribution in [2.45, 2.75) is 25.4 Å². The van der Waals surface area contributed by atoms with Gasteiger partial charge in [-0.25, -0.2) is 4.79 Å². The van der Waals surface area contributed by atoms with Crippen LogP contribution in [0.15, 0.2) is 30.3 Å². The first kappa shape index (κ1) is 11.9. The first-order valence-electron chi connectivity index (χ1n) is 6.00. The molecule has 0 aliphatic carbocycles. The summed E-state index contributed by atoms with van der Waals surface area (Å²) in [5.41, 5.74) is 1.11. The Morgan fingerprint density at radius 2 is 1.94 bits per heavy atom. The molecule has 0 radical (unpaired) electrons. The second-order valence-corrected chi connectivity index (χ2v) is 4.20. The molecule has 1 aliphatic heterocycles. The van der Waals surface area contributed by atoms with Crippen LogP contribution in [0.3, 0.4) is 0 Å². The van der Waals surface area contributed by atoms with E-state index in [2.05, 4.69) is 10.6 Å². The third kappa shape index (κ3) is 4.07. The van der Waals surface area contributed by atoms with Gasteiger partial charge in [-0.3, -0.25) is 0 Å². The second-order valence-electron chi connectivity index (χ2n) is 4.20. The molecule has 0 bridgehead atoms. The van der Waals surface area contributed by atoms with Gasteiger partial charge in [-0.05, 0) is 18.4 Å². The van der Waals surface area contributed by atoms with Gasteiger partial charge in [0.05, 0.1) is 0 Å². The van der Waals surface area contributed by atoms with E-state index in [0.717, 1.165) is 31.6 Å². The summed E-state index contributed by atoms with van der Waals surface area (Å²) in [6.07, 6.45) is 1.80. The van der Waals surface area contributed by atoms with E-state index >= 15 is 0 Å². The summed E-state index contributed by atoms with van der Waals surface area (Å²) < 4.78 is 5.24. The maximum absolute atomic E-state index is 11.6. The fourth-order valence-corrected chi connectivity index (χ4v) is 1.86. The van der Waals surface area contributed by atoms with Crippen LogP contribution in [-0.4, -0.2) is 25.3 Å². The molecule has 0 aromatic heterocycles. The van der Waals surface area contributed by atoms with Crippen molar-refractivity contribution in [2.75, 3.05) is 13.2 Å². The van der Waals surface area contributed by atoms with Gasteiger partial charge < -0.3 is 15.4 Å². The maximum Gasteiger partial charge on any atom is 0.315 e. The summed E-state index contributed by atoms with van der Waals surface area (Å²) in [4.78, 5) is 11.6. The van der Waals surface area contributed by atoms with Crippen molar-refractivity contribution in [1.82, 2.24) is 10.6 Å². The molecular formula is C13H18N2O2. The Bertz CT molecular complexity index is 348. The van der Waals surface area contributed by atoms with Gasteiger partial charge in [-0.1, -0.05) is 30.3 Å². The Kier molecular flexibility index (Phi) is 4.38. The fraction of sp³-hybridized carbons (Fsp3) is 0.462. The van der Waals surface area contributed by atoms with Gasteiger partial charge in [0, 0.05) is 25.8 Å². The smallest absolute Gasteiger partial charge is 0.315 e. The van der Waals surface area contributed by atoms with E-state index in [1.807, 2.05) is 30.3 Å². The number of hydrogen-bond donors (Lipinski definition) is 2. The van der Waals surface area contributed by atoms with Crippen molar-refractivity contribution < 1.29 is 9.53 Å². The summed E-state index contributed by atoms with van der Waals surface area (Å²) in [5.74, 6) is 0. The van der Waals surface area contributed by atoms with Crippen LogP contribution < -0.4 is 10.6 Å². The maximum atomic E-state index is 11.6. The number of urea groups is 1. The molecule has 0 spiro atoms. The van der Waals surface area contributed by atoms with Crippen LogP contribution in [0.25, 0.3) is 0 Å². The standard InChI is InChI=1S/C13H18N2O2/c16-13(15-12-6-8-17-9-7-12)14-10-11-4-2-1-3-5-11/h1-5,12H,6-10H2,(H2,14,15,16). The molecule has 1 aliphatic rings. The lowest BCUT2D eigenvalue weighted by atomic mass is 10.1. The van der Waals surface area contributed by atoms with Crippen LogP contribution in [0.1, 0.15) is 18.4 Å². The Labute approximate surface area is 101 Å². The largest absolute Gasteiger partial charge is 0.381 e. The quantitative estimate of drug-likeness (QED) is 0.835. The van der Waals surface area contributed by atoms with E-state index in [1.54, 1.807) is 0 Å². The third-order valence-corrected chi connectivity index (χ3v) is 2.85. The molecule has 2 rings (SSSR count). The van der Waals surface area contributed by atoms with Crippen LogP contribution in [0.5, 0.6) is 0 Å². The van der Waals surface area contributed by atoms with Gasteiger partial charge in [0.2, 0.25) is 0 Å². The Hall–Kier alpha value is -1.55. The molecule has 1 aromatic carbocycles. The molecule has 17 heavy (non-hydrogen) atoms. The lowest BCUT2D eigenvalue weighted by Crippen LogP contribution is -2.44. The SMILES string of the molecule is O=C(NCc1ccccc1)NC1CCOCC1. The van der Waals surface area contributed by atoms with E-state index in [0.29, 0.717) is 6.54 Å². The average Bonchev–Trinajstić information content (AvgIpc) is 2.39. The van der Waals surface area contributed by atoms with E-state index in [9.17, 15) is 4.79 Å². The molecule has 0 unspecified atom stereocenters. The number of ether oxygens (including phenoxy) is 1. The molecule has 0 atom stereocenters. The van der Waals surface area contributed by atoms with Crippen molar-refractivity contribution in [1.29, 1.82) is 0 Å². The highest BCUT2D eigenvalue weighted by Crippen LogP contribution is 2.05. The Morgan fingerprint density at radius 3 is 2.65 bits per heavy atom. The van der Waals surface area contributed by atoms with Gasteiger partial charge in [0.1, 0.15) is 0 Å². The predicted octanol–water partition coefficient (Wildman–Crippen LogP) is 1.66. The van der Waals surface area contributed by atoms with Crippen LogP contribution in [0.4, 0.5) is 4.79 Å². The number of carbonyl (C=O) groups excluding carboxylic acids is 1. The molecular weight excluding hydrogens is 216 g/mol. The van der Waals surface area contributed by atoms with Gasteiger partial charge in [-0.15, -0.1) is 0 Å². The lowest BCUT2D eigenvalue weighted by molar-refractivity contribution is 0.0801. The minimum atomic E-state index is -0.0965. The average molecular weight is 234 g/mol. The zero-order valence-corrected chi connectivity index (χ0v) is 9.82. The van der Waals surface area contributed by atoms with Gasteiger partial charge in [0.25, 0.3) is 0 Å². The minimum absolute atomic E-state index is 0.0965. The number of benzene rings is 1. The molecule has 1 fully saturated rings. The number of carbonyl (C=O) groups is 1. The Balaban J connectivity index is 1.70. The summed E-state index contributed by atoms with van der Waals surface area (Å²) in [7, 11) is 0. The van der Waals surface area contributed by atoms with Crippen molar-refractivity contribution in [3.05, 3.63) is 35.9 Å². The molecule has 2 amide bonds. The highest BCUT2D eigenvalue weighted by Gasteiger charge is 2.15. The monoisotopic (exact) mass is 234 g/mol. The molecule has 4 nitrogen and oxygen atoms in total. The zero-order valence-electron chi connectivity index (χ0n) is 9.82. The van der Waals surface area contributed by atoms with Crippen LogP contribution in [0, 0.1) is 0 Å². The molecule has 0 saturated carbocycles. The lowest BCUT2D eigenvalue weighted by Gasteiger charge is -2.23. The van der Waals surface area contributed by atoms with Crippen LogP contribution in [0.2, 0.25) is 0 Å². The summed E-state index contributed by atoms with van der Waals surface area (Å²) >= 11 is 0. The highest BCUT2D eigenvalue weighted by molar-refractivity contribution is 5.74. The topological polar surface area (TPSA) is 50.4 Å². The molecule has 1 heterocycles. The number of amides is 2. The normalized spacial score (nSPS) is 16.5. The van der Waals surface area contributed by atoms with E-state index in [-0.39, 0.29) is 12.1 Å². The Morgan fingerprint density at radius 1 is 1.24 bits per heavy atom. The predicted molar refractivity (Wildman–Crippen MR) is 65.7 cm³/mol.